The lowest BCUT2D eigenvalue weighted by molar-refractivity contribution is -0.142. The van der Waals surface area contributed by atoms with Gasteiger partial charge < -0.3 is 5.11 Å². The van der Waals surface area contributed by atoms with Gasteiger partial charge in [0.05, 0.1) is 6.42 Å². The van der Waals surface area contributed by atoms with Crippen molar-refractivity contribution in [3.05, 3.63) is 12.2 Å². The molecule has 2 nitrogen and oxygen atoms in total. The molecule has 0 aromatic rings. The van der Waals surface area contributed by atoms with E-state index in [2.05, 4.69) is 19.1 Å². The quantitative estimate of drug-likeness (QED) is 0.706. The molecule has 1 fully saturated rings. The molecular weight excluding hydrogens is 188 g/mol. The van der Waals surface area contributed by atoms with E-state index in [4.69, 9.17) is 5.11 Å². The largest absolute Gasteiger partial charge is 0.481 e. The fourth-order valence-electron chi connectivity index (χ4n) is 3.51. The van der Waals surface area contributed by atoms with Gasteiger partial charge in [-0.2, -0.15) is 0 Å². The Hall–Kier alpha value is -0.790. The summed E-state index contributed by atoms with van der Waals surface area (Å²) in [4.78, 5) is 11.0. The molecule has 2 aliphatic rings. The summed E-state index contributed by atoms with van der Waals surface area (Å²) in [6.45, 7) is 2.29. The normalized spacial score (nSPS) is 39.8. The van der Waals surface area contributed by atoms with Crippen LogP contribution in [0.1, 0.15) is 51.9 Å². The minimum Gasteiger partial charge on any atom is -0.481 e. The summed E-state index contributed by atoms with van der Waals surface area (Å²) in [6, 6.07) is 0. The number of carbonyl (C=O) groups is 1. The molecule has 0 amide bonds. The molecule has 0 heterocycles. The zero-order valence-electron chi connectivity index (χ0n) is 9.46. The average Bonchev–Trinajstić information content (AvgIpc) is 2.17. The standard InChI is InChI=1S/C13H20O2/c1-12-6-2-4-8-13(12,10-11(14)15)9-5-3-7-12/h4,8H,2-3,5-7,9-10H2,1H3,(H,14,15)/t12-,13?/m1/s1. The van der Waals surface area contributed by atoms with Crippen molar-refractivity contribution >= 4 is 5.97 Å². The molecule has 0 aromatic carbocycles. The molecule has 2 aliphatic carbocycles. The van der Waals surface area contributed by atoms with Crippen molar-refractivity contribution in [1.82, 2.24) is 0 Å². The molecule has 84 valence electrons. The lowest BCUT2D eigenvalue weighted by Gasteiger charge is -2.52. The van der Waals surface area contributed by atoms with E-state index in [1.807, 2.05) is 0 Å². The summed E-state index contributed by atoms with van der Waals surface area (Å²) in [5, 5.41) is 9.08. The van der Waals surface area contributed by atoms with Gasteiger partial charge in [0.25, 0.3) is 0 Å². The number of hydrogen-bond acceptors (Lipinski definition) is 1. The fourth-order valence-corrected chi connectivity index (χ4v) is 3.51. The van der Waals surface area contributed by atoms with E-state index in [9.17, 15) is 4.79 Å². The van der Waals surface area contributed by atoms with Gasteiger partial charge in [0.15, 0.2) is 0 Å². The highest BCUT2D eigenvalue weighted by Gasteiger charge is 2.49. The zero-order chi connectivity index (χ0) is 10.9. The first-order valence-electron chi connectivity index (χ1n) is 5.98. The van der Waals surface area contributed by atoms with Crippen molar-refractivity contribution in [2.75, 3.05) is 0 Å². The maximum absolute atomic E-state index is 11.0. The van der Waals surface area contributed by atoms with Gasteiger partial charge in [-0.05, 0) is 31.1 Å². The maximum Gasteiger partial charge on any atom is 0.304 e. The molecule has 0 radical (unpaired) electrons. The summed E-state index contributed by atoms with van der Waals surface area (Å²) in [5.41, 5.74) is 0.188. The summed E-state index contributed by atoms with van der Waals surface area (Å²) in [6.07, 6.45) is 11.7. The molecule has 0 bridgehead atoms. The third-order valence-corrected chi connectivity index (χ3v) is 4.57. The Labute approximate surface area is 91.4 Å². The first kappa shape index (κ1) is 10.7. The van der Waals surface area contributed by atoms with E-state index in [1.54, 1.807) is 0 Å². The third kappa shape index (κ3) is 1.70. The Morgan fingerprint density at radius 3 is 2.80 bits per heavy atom. The molecule has 0 aliphatic heterocycles. The van der Waals surface area contributed by atoms with Crippen LogP contribution < -0.4 is 0 Å². The van der Waals surface area contributed by atoms with Gasteiger partial charge in [0.2, 0.25) is 0 Å². The second-order valence-electron chi connectivity index (χ2n) is 5.44. The summed E-state index contributed by atoms with van der Waals surface area (Å²) < 4.78 is 0. The van der Waals surface area contributed by atoms with Crippen LogP contribution in [-0.2, 0) is 4.79 Å². The highest BCUT2D eigenvalue weighted by atomic mass is 16.4. The third-order valence-electron chi connectivity index (χ3n) is 4.57. The second-order valence-corrected chi connectivity index (χ2v) is 5.44. The molecule has 2 heteroatoms. The summed E-state index contributed by atoms with van der Waals surface area (Å²) in [5.74, 6) is -0.644. The number of aliphatic carboxylic acids is 1. The molecule has 2 rings (SSSR count). The Morgan fingerprint density at radius 2 is 2.07 bits per heavy atom. The van der Waals surface area contributed by atoms with Crippen LogP contribution in [0.2, 0.25) is 0 Å². The zero-order valence-corrected chi connectivity index (χ0v) is 9.46. The van der Waals surface area contributed by atoms with Crippen LogP contribution in [0.25, 0.3) is 0 Å². The molecule has 0 spiro atoms. The van der Waals surface area contributed by atoms with E-state index < -0.39 is 5.97 Å². The van der Waals surface area contributed by atoms with Gasteiger partial charge in [-0.15, -0.1) is 0 Å². The van der Waals surface area contributed by atoms with E-state index in [0.29, 0.717) is 6.42 Å². The highest BCUT2D eigenvalue weighted by Crippen LogP contribution is 2.58. The van der Waals surface area contributed by atoms with E-state index in [0.717, 1.165) is 19.3 Å². The minimum atomic E-state index is -0.644. The number of allylic oxidation sites excluding steroid dienone is 2. The van der Waals surface area contributed by atoms with E-state index in [1.165, 1.54) is 19.3 Å². The molecule has 1 unspecified atom stereocenters. The van der Waals surface area contributed by atoms with Crippen molar-refractivity contribution in [1.29, 1.82) is 0 Å². The van der Waals surface area contributed by atoms with Gasteiger partial charge in [0, 0.05) is 5.41 Å². The average molecular weight is 208 g/mol. The highest BCUT2D eigenvalue weighted by molar-refractivity contribution is 5.68. The smallest absolute Gasteiger partial charge is 0.304 e. The molecule has 1 N–H and O–H groups in total. The molecule has 15 heavy (non-hydrogen) atoms. The number of carboxylic acid groups (broad SMARTS) is 1. The topological polar surface area (TPSA) is 37.3 Å². The van der Waals surface area contributed by atoms with Crippen molar-refractivity contribution in [3.8, 4) is 0 Å². The van der Waals surface area contributed by atoms with Crippen molar-refractivity contribution in [2.45, 2.75) is 51.9 Å². The first-order chi connectivity index (χ1) is 7.08. The number of carboxylic acids is 1. The molecule has 1 saturated carbocycles. The minimum absolute atomic E-state index is 0.0463. The Kier molecular flexibility index (Phi) is 2.61. The monoisotopic (exact) mass is 208 g/mol. The number of hydrogen-bond donors (Lipinski definition) is 1. The van der Waals surface area contributed by atoms with Crippen LogP contribution in [0.3, 0.4) is 0 Å². The predicted molar refractivity (Wildman–Crippen MR) is 59.6 cm³/mol. The van der Waals surface area contributed by atoms with Crippen LogP contribution in [-0.4, -0.2) is 11.1 Å². The van der Waals surface area contributed by atoms with Crippen LogP contribution in [0, 0.1) is 10.8 Å². The van der Waals surface area contributed by atoms with Crippen LogP contribution in [0.15, 0.2) is 12.2 Å². The van der Waals surface area contributed by atoms with E-state index in [-0.39, 0.29) is 10.8 Å². The lowest BCUT2D eigenvalue weighted by Crippen LogP contribution is -2.44. The van der Waals surface area contributed by atoms with Crippen LogP contribution in [0.4, 0.5) is 0 Å². The fraction of sp³-hybridized carbons (Fsp3) is 0.769. The first-order valence-corrected chi connectivity index (χ1v) is 5.98. The molecular formula is C13H20O2. The van der Waals surface area contributed by atoms with Gasteiger partial charge in [-0.3, -0.25) is 4.79 Å². The maximum atomic E-state index is 11.0. The molecule has 2 atom stereocenters. The lowest BCUT2D eigenvalue weighted by atomic mass is 9.52. The molecule has 0 saturated heterocycles. The Morgan fingerprint density at radius 1 is 1.33 bits per heavy atom. The Bertz CT molecular complexity index is 295. The van der Waals surface area contributed by atoms with E-state index >= 15 is 0 Å². The summed E-state index contributed by atoms with van der Waals surface area (Å²) >= 11 is 0. The van der Waals surface area contributed by atoms with Crippen LogP contribution >= 0.6 is 0 Å². The van der Waals surface area contributed by atoms with Crippen molar-refractivity contribution in [3.63, 3.8) is 0 Å². The van der Waals surface area contributed by atoms with Gasteiger partial charge in [-0.1, -0.05) is 31.9 Å². The van der Waals surface area contributed by atoms with Crippen molar-refractivity contribution in [2.24, 2.45) is 10.8 Å². The van der Waals surface area contributed by atoms with Gasteiger partial charge in [-0.25, -0.2) is 0 Å². The Balaban J connectivity index is 2.32. The van der Waals surface area contributed by atoms with Crippen molar-refractivity contribution < 1.29 is 9.90 Å². The predicted octanol–water partition coefficient (Wildman–Crippen LogP) is 3.38. The van der Waals surface area contributed by atoms with Crippen LogP contribution in [0.5, 0.6) is 0 Å². The second kappa shape index (κ2) is 3.66. The van der Waals surface area contributed by atoms with Gasteiger partial charge >= 0.3 is 5.97 Å². The number of rotatable bonds is 2. The summed E-state index contributed by atoms with van der Waals surface area (Å²) in [7, 11) is 0. The SMILES string of the molecule is C[C@]12CCC=CC1(CC(=O)O)CCCC2. The molecule has 0 aromatic heterocycles. The van der Waals surface area contributed by atoms with Gasteiger partial charge in [0.1, 0.15) is 0 Å². The number of fused-ring (bicyclic) bond motifs is 1.